The lowest BCUT2D eigenvalue weighted by molar-refractivity contribution is -0.122. The number of hydrogen-bond donors (Lipinski definition) is 1. The van der Waals surface area contributed by atoms with Crippen molar-refractivity contribution in [3.63, 3.8) is 0 Å². The molecule has 1 fully saturated rings. The zero-order chi connectivity index (χ0) is 21.1. The molecule has 2 aromatic carbocycles. The number of carbonyl (C=O) groups is 2. The lowest BCUT2D eigenvalue weighted by Crippen LogP contribution is -2.29. The second-order valence-electron chi connectivity index (χ2n) is 6.47. The summed E-state index contributed by atoms with van der Waals surface area (Å²) in [5.74, 6) is -0.764. The summed E-state index contributed by atoms with van der Waals surface area (Å²) in [5.41, 5.74) is 2.27. The molecule has 1 aliphatic rings. The van der Waals surface area contributed by atoms with E-state index in [9.17, 15) is 14.0 Å². The number of thiocarbonyl (C=S) groups is 1. The van der Waals surface area contributed by atoms with Gasteiger partial charge < -0.3 is 5.32 Å². The van der Waals surface area contributed by atoms with Crippen LogP contribution in [-0.4, -0.2) is 37.9 Å². The molecule has 1 saturated heterocycles. The average molecular weight is 442 g/mol. The van der Waals surface area contributed by atoms with Crippen LogP contribution in [0.2, 0.25) is 0 Å². The first-order valence-electron chi connectivity index (χ1n) is 9.03. The topological polar surface area (TPSA) is 88.3 Å². The van der Waals surface area contributed by atoms with Crippen molar-refractivity contribution in [2.75, 3.05) is 11.9 Å². The molecule has 7 nitrogen and oxygen atoms in total. The Hall–Kier alpha value is -3.11. The third-order valence-electron chi connectivity index (χ3n) is 4.39. The van der Waals surface area contributed by atoms with Gasteiger partial charge in [-0.2, -0.15) is 0 Å². The van der Waals surface area contributed by atoms with E-state index >= 15 is 0 Å². The van der Waals surface area contributed by atoms with Crippen molar-refractivity contribution in [3.05, 3.63) is 58.8 Å². The molecule has 10 heteroatoms. The summed E-state index contributed by atoms with van der Waals surface area (Å²) >= 11 is 6.49. The Morgan fingerprint density at radius 2 is 2.03 bits per heavy atom. The van der Waals surface area contributed by atoms with Crippen LogP contribution in [0.3, 0.4) is 0 Å². The monoisotopic (exact) mass is 442 g/mol. The van der Waals surface area contributed by atoms with Crippen LogP contribution < -0.4 is 5.32 Å². The highest BCUT2D eigenvalue weighted by molar-refractivity contribution is 8.26. The van der Waals surface area contributed by atoms with Gasteiger partial charge in [-0.3, -0.25) is 14.5 Å². The van der Waals surface area contributed by atoms with E-state index in [2.05, 4.69) is 20.3 Å². The van der Waals surface area contributed by atoms with Gasteiger partial charge in [0.15, 0.2) is 5.52 Å². The number of hydrogen-bond acceptors (Lipinski definition) is 7. The summed E-state index contributed by atoms with van der Waals surface area (Å²) in [6, 6.07) is 11.1. The predicted molar refractivity (Wildman–Crippen MR) is 116 cm³/mol. The third-order valence-corrected chi connectivity index (χ3v) is 5.76. The zero-order valence-electron chi connectivity index (χ0n) is 15.5. The van der Waals surface area contributed by atoms with Gasteiger partial charge in [0, 0.05) is 13.0 Å². The molecule has 4 rings (SSSR count). The van der Waals surface area contributed by atoms with Crippen LogP contribution in [0.4, 0.5) is 10.1 Å². The largest absolute Gasteiger partial charge is 0.324 e. The highest BCUT2D eigenvalue weighted by Crippen LogP contribution is 2.32. The molecule has 0 atom stereocenters. The second-order valence-corrected chi connectivity index (χ2v) is 8.15. The highest BCUT2D eigenvalue weighted by atomic mass is 32.2. The number of amides is 2. The van der Waals surface area contributed by atoms with Gasteiger partial charge in [-0.05, 0) is 52.6 Å². The Kier molecular flexibility index (Phi) is 5.86. The van der Waals surface area contributed by atoms with Gasteiger partial charge in [-0.15, -0.1) is 0 Å². The van der Waals surface area contributed by atoms with Gasteiger partial charge in [0.1, 0.15) is 15.7 Å². The zero-order valence-corrected chi connectivity index (χ0v) is 17.1. The number of thioether (sulfide) groups is 1. The smallest absolute Gasteiger partial charge is 0.266 e. The number of halogens is 1. The molecule has 0 radical (unpaired) electrons. The molecule has 1 aromatic heterocycles. The molecule has 0 aliphatic carbocycles. The van der Waals surface area contributed by atoms with E-state index in [1.54, 1.807) is 36.4 Å². The van der Waals surface area contributed by atoms with Gasteiger partial charge in [-0.25, -0.2) is 9.02 Å². The Labute approximate surface area is 180 Å². The number of anilines is 1. The maximum Gasteiger partial charge on any atom is 0.266 e. The minimum absolute atomic E-state index is 0.204. The standard InChI is InChI=1S/C20H15FN4O3S2/c21-13-8-6-12(7-9-13)11-16-19(27)25(20(29)30-16)10-2-5-17(26)22-14-3-1-4-15-18(14)24-28-23-15/h1,3-4,6-9,11H,2,5,10H2,(H,22,26). The minimum atomic E-state index is -0.339. The number of carbonyl (C=O) groups excluding carboxylic acids is 2. The van der Waals surface area contributed by atoms with Crippen LogP contribution in [0.5, 0.6) is 0 Å². The van der Waals surface area contributed by atoms with E-state index in [-0.39, 0.29) is 24.1 Å². The lowest BCUT2D eigenvalue weighted by Gasteiger charge is -2.14. The Morgan fingerprint density at radius 1 is 1.23 bits per heavy atom. The van der Waals surface area contributed by atoms with Crippen molar-refractivity contribution >= 4 is 62.9 Å². The molecule has 152 valence electrons. The van der Waals surface area contributed by atoms with Crippen LogP contribution >= 0.6 is 24.0 Å². The number of nitrogens with one attached hydrogen (secondary N) is 1. The quantitative estimate of drug-likeness (QED) is 0.456. The molecule has 0 bridgehead atoms. The highest BCUT2D eigenvalue weighted by Gasteiger charge is 2.31. The molecular weight excluding hydrogens is 427 g/mol. The van der Waals surface area contributed by atoms with Gasteiger partial charge in [0.2, 0.25) is 5.91 Å². The Morgan fingerprint density at radius 3 is 2.83 bits per heavy atom. The van der Waals surface area contributed by atoms with Crippen molar-refractivity contribution < 1.29 is 18.6 Å². The van der Waals surface area contributed by atoms with Gasteiger partial charge in [0.05, 0.1) is 10.6 Å². The van der Waals surface area contributed by atoms with Crippen molar-refractivity contribution in [2.45, 2.75) is 12.8 Å². The molecule has 1 aliphatic heterocycles. The fourth-order valence-electron chi connectivity index (χ4n) is 2.92. The predicted octanol–water partition coefficient (Wildman–Crippen LogP) is 3.98. The summed E-state index contributed by atoms with van der Waals surface area (Å²) < 4.78 is 18.2. The van der Waals surface area contributed by atoms with E-state index in [1.807, 2.05) is 0 Å². The van der Waals surface area contributed by atoms with Gasteiger partial charge >= 0.3 is 0 Å². The van der Waals surface area contributed by atoms with Crippen molar-refractivity contribution in [2.24, 2.45) is 0 Å². The van der Waals surface area contributed by atoms with E-state index < -0.39 is 0 Å². The fourth-order valence-corrected chi connectivity index (χ4v) is 4.23. The van der Waals surface area contributed by atoms with Crippen LogP contribution in [0.25, 0.3) is 17.1 Å². The SMILES string of the molecule is O=C(CCCN1C(=O)C(=Cc2ccc(F)cc2)SC1=S)Nc1cccc2nonc12. The molecule has 0 spiro atoms. The first kappa shape index (κ1) is 20.2. The molecule has 1 N–H and O–H groups in total. The summed E-state index contributed by atoms with van der Waals surface area (Å²) in [6.07, 6.45) is 2.32. The van der Waals surface area contributed by atoms with Gasteiger partial charge in [0.25, 0.3) is 5.91 Å². The number of aromatic nitrogens is 2. The van der Waals surface area contributed by atoms with Crippen molar-refractivity contribution in [1.29, 1.82) is 0 Å². The molecule has 0 unspecified atom stereocenters. The normalized spacial score (nSPS) is 15.4. The average Bonchev–Trinajstić information content (AvgIpc) is 3.30. The van der Waals surface area contributed by atoms with Crippen LogP contribution in [0.15, 0.2) is 52.0 Å². The van der Waals surface area contributed by atoms with Crippen molar-refractivity contribution in [1.82, 2.24) is 15.2 Å². The lowest BCUT2D eigenvalue weighted by atomic mass is 10.2. The number of benzene rings is 2. The maximum atomic E-state index is 13.0. The minimum Gasteiger partial charge on any atom is -0.324 e. The first-order valence-corrected chi connectivity index (χ1v) is 10.3. The van der Waals surface area contributed by atoms with E-state index in [4.69, 9.17) is 12.2 Å². The number of rotatable bonds is 6. The third kappa shape index (κ3) is 4.39. The number of nitrogens with zero attached hydrogens (tertiary/aromatic N) is 3. The van der Waals surface area contributed by atoms with Crippen molar-refractivity contribution in [3.8, 4) is 0 Å². The fraction of sp³-hybridized carbons (Fsp3) is 0.150. The van der Waals surface area contributed by atoms with E-state index in [0.717, 1.165) is 0 Å². The van der Waals surface area contributed by atoms with E-state index in [1.165, 1.54) is 28.8 Å². The van der Waals surface area contributed by atoms with Crippen LogP contribution in [0.1, 0.15) is 18.4 Å². The van der Waals surface area contributed by atoms with Gasteiger partial charge in [-0.1, -0.05) is 42.2 Å². The molecule has 2 amide bonds. The van der Waals surface area contributed by atoms with Crippen LogP contribution in [0, 0.1) is 5.82 Å². The van der Waals surface area contributed by atoms with E-state index in [0.29, 0.717) is 44.5 Å². The summed E-state index contributed by atoms with van der Waals surface area (Å²) in [7, 11) is 0. The molecule has 2 heterocycles. The number of fused-ring (bicyclic) bond motifs is 1. The van der Waals surface area contributed by atoms with Crippen LogP contribution in [-0.2, 0) is 9.59 Å². The Balaban J connectivity index is 1.33. The Bertz CT molecular complexity index is 1160. The summed E-state index contributed by atoms with van der Waals surface area (Å²) in [4.78, 5) is 26.8. The molecular formula is C20H15FN4O3S2. The second kappa shape index (κ2) is 8.72. The first-order chi connectivity index (χ1) is 14.5. The summed E-state index contributed by atoms with van der Waals surface area (Å²) in [5, 5.41) is 10.3. The molecule has 3 aromatic rings. The summed E-state index contributed by atoms with van der Waals surface area (Å²) in [6.45, 7) is 0.328. The molecule has 30 heavy (non-hydrogen) atoms. The maximum absolute atomic E-state index is 13.0. The molecule has 0 saturated carbocycles.